The quantitative estimate of drug-likeness (QED) is 0.394. The molecule has 0 atom stereocenters. The zero-order chi connectivity index (χ0) is 24.2. The van der Waals surface area contributed by atoms with E-state index in [1.165, 1.54) is 56.9 Å². The molecule has 10 nitrogen and oxygen atoms in total. The van der Waals surface area contributed by atoms with Crippen LogP contribution in [0.1, 0.15) is 10.4 Å². The number of rotatable bonds is 8. The van der Waals surface area contributed by atoms with Crippen LogP contribution < -0.4 is 24.8 Å². The van der Waals surface area contributed by atoms with E-state index in [9.17, 15) is 14.0 Å². The number of carbonyl (C=O) groups is 2. The number of methoxy groups -OCH3 is 3. The van der Waals surface area contributed by atoms with Gasteiger partial charge >= 0.3 is 0 Å². The summed E-state index contributed by atoms with van der Waals surface area (Å²) in [5.41, 5.74) is 1.70. The lowest BCUT2D eigenvalue weighted by Gasteiger charge is -2.14. The lowest BCUT2D eigenvalue weighted by Crippen LogP contribution is -2.33. The van der Waals surface area contributed by atoms with E-state index in [0.29, 0.717) is 27.9 Å². The molecule has 0 saturated heterocycles. The Kier molecular flexibility index (Phi) is 6.59. The summed E-state index contributed by atoms with van der Waals surface area (Å²) in [7, 11) is 4.34. The highest BCUT2D eigenvalue weighted by atomic mass is 32.1. The van der Waals surface area contributed by atoms with E-state index in [-0.39, 0.29) is 23.9 Å². The summed E-state index contributed by atoms with van der Waals surface area (Å²) in [5.74, 6) is -0.289. The van der Waals surface area contributed by atoms with E-state index in [1.54, 1.807) is 16.6 Å². The number of amides is 2. The number of nitrogens with zero attached hydrogens (tertiary/aromatic N) is 3. The molecule has 0 bridgehead atoms. The van der Waals surface area contributed by atoms with Crippen LogP contribution in [0.5, 0.6) is 17.2 Å². The Morgan fingerprint density at radius 1 is 1.06 bits per heavy atom. The summed E-state index contributed by atoms with van der Waals surface area (Å²) < 4.78 is 30.5. The number of benzene rings is 2. The molecular weight excluding hydrogens is 465 g/mol. The number of nitrogens with one attached hydrogen (secondary N) is 2. The third-order valence-electron chi connectivity index (χ3n) is 4.81. The highest BCUT2D eigenvalue weighted by Gasteiger charge is 2.18. The van der Waals surface area contributed by atoms with E-state index in [1.807, 2.05) is 5.38 Å². The van der Waals surface area contributed by atoms with Gasteiger partial charge in [0.05, 0.1) is 33.6 Å². The standard InChI is InChI=1S/C22H20FN5O5S/c1-31-16-8-13(9-17(32-2)19(16)33-3)20(30)24-10-18(29)25-21-26-22-28(27-21)15(11-34-22)12-4-6-14(23)7-5-12/h4-9,11H,10H2,1-3H3,(H,24,30)(H,25,27,29). The second-order valence-electron chi connectivity index (χ2n) is 6.90. The van der Waals surface area contributed by atoms with E-state index >= 15 is 0 Å². The Morgan fingerprint density at radius 2 is 1.74 bits per heavy atom. The lowest BCUT2D eigenvalue weighted by molar-refractivity contribution is -0.115. The topological polar surface area (TPSA) is 116 Å². The van der Waals surface area contributed by atoms with Crippen molar-refractivity contribution in [1.82, 2.24) is 19.9 Å². The third-order valence-corrected chi connectivity index (χ3v) is 5.63. The van der Waals surface area contributed by atoms with Crippen molar-refractivity contribution in [1.29, 1.82) is 0 Å². The second kappa shape index (κ2) is 9.75. The van der Waals surface area contributed by atoms with Crippen LogP contribution in [-0.2, 0) is 4.79 Å². The van der Waals surface area contributed by atoms with Crippen molar-refractivity contribution >= 4 is 34.1 Å². The number of hydrogen-bond donors (Lipinski definition) is 2. The Morgan fingerprint density at radius 3 is 2.35 bits per heavy atom. The number of thiazole rings is 1. The van der Waals surface area contributed by atoms with Crippen LogP contribution in [0.3, 0.4) is 0 Å². The summed E-state index contributed by atoms with van der Waals surface area (Å²) in [6.45, 7) is -0.312. The van der Waals surface area contributed by atoms with Gasteiger partial charge in [-0.1, -0.05) is 0 Å². The van der Waals surface area contributed by atoms with Crippen molar-refractivity contribution < 1.29 is 28.2 Å². The molecule has 0 aliphatic carbocycles. The van der Waals surface area contributed by atoms with E-state index in [4.69, 9.17) is 14.2 Å². The molecule has 2 heterocycles. The second-order valence-corrected chi connectivity index (χ2v) is 7.74. The minimum Gasteiger partial charge on any atom is -0.493 e. The molecule has 4 aromatic rings. The van der Waals surface area contributed by atoms with Crippen LogP contribution in [0, 0.1) is 5.82 Å². The summed E-state index contributed by atoms with van der Waals surface area (Å²) in [6.07, 6.45) is 0. The van der Waals surface area contributed by atoms with Crippen LogP contribution in [-0.4, -0.2) is 54.3 Å². The van der Waals surface area contributed by atoms with Crippen molar-refractivity contribution in [2.45, 2.75) is 0 Å². The van der Waals surface area contributed by atoms with Gasteiger partial charge < -0.3 is 19.5 Å². The Labute approximate surface area is 197 Å². The molecule has 2 amide bonds. The van der Waals surface area contributed by atoms with E-state index in [0.717, 1.165) is 5.56 Å². The summed E-state index contributed by atoms with van der Waals surface area (Å²) in [6, 6.07) is 8.95. The molecule has 34 heavy (non-hydrogen) atoms. The molecule has 0 aliphatic rings. The smallest absolute Gasteiger partial charge is 0.251 e. The van der Waals surface area contributed by atoms with Crippen molar-refractivity contribution in [2.24, 2.45) is 0 Å². The maximum Gasteiger partial charge on any atom is 0.251 e. The number of fused-ring (bicyclic) bond motifs is 1. The summed E-state index contributed by atoms with van der Waals surface area (Å²) in [4.78, 5) is 29.7. The van der Waals surface area contributed by atoms with Gasteiger partial charge in [0.25, 0.3) is 11.9 Å². The van der Waals surface area contributed by atoms with Crippen molar-refractivity contribution in [3.8, 4) is 28.5 Å². The van der Waals surface area contributed by atoms with Gasteiger partial charge in [0, 0.05) is 16.5 Å². The molecular formula is C22H20FN5O5S. The van der Waals surface area contributed by atoms with Crippen molar-refractivity contribution in [2.75, 3.05) is 33.2 Å². The molecule has 2 aromatic heterocycles. The number of carbonyl (C=O) groups excluding carboxylic acids is 2. The van der Waals surface area contributed by atoms with Gasteiger partial charge in [-0.25, -0.2) is 8.91 Å². The molecule has 176 valence electrons. The molecule has 0 fully saturated rings. The number of hydrogen-bond acceptors (Lipinski definition) is 8. The largest absolute Gasteiger partial charge is 0.493 e. The molecule has 0 spiro atoms. The maximum atomic E-state index is 13.2. The zero-order valence-corrected chi connectivity index (χ0v) is 19.2. The average Bonchev–Trinajstić information content (AvgIpc) is 3.42. The SMILES string of the molecule is COc1cc(C(=O)NCC(=O)Nc2nc3scc(-c4ccc(F)cc4)n3n2)cc(OC)c1OC. The summed E-state index contributed by atoms with van der Waals surface area (Å²) in [5, 5.41) is 11.2. The Bertz CT molecular complexity index is 1330. The van der Waals surface area contributed by atoms with Gasteiger partial charge in [-0.3, -0.25) is 14.9 Å². The van der Waals surface area contributed by atoms with Crippen LogP contribution in [0.2, 0.25) is 0 Å². The van der Waals surface area contributed by atoms with Crippen LogP contribution in [0.4, 0.5) is 10.3 Å². The zero-order valence-electron chi connectivity index (χ0n) is 18.4. The Hall–Kier alpha value is -4.19. The van der Waals surface area contributed by atoms with Gasteiger partial charge in [0.2, 0.25) is 16.6 Å². The first-order valence-electron chi connectivity index (χ1n) is 9.91. The number of anilines is 1. The third kappa shape index (κ3) is 4.62. The molecule has 0 aliphatic heterocycles. The van der Waals surface area contributed by atoms with Crippen molar-refractivity contribution in [3.05, 3.63) is 53.2 Å². The molecule has 0 unspecified atom stereocenters. The fraction of sp³-hybridized carbons (Fsp3) is 0.182. The monoisotopic (exact) mass is 485 g/mol. The van der Waals surface area contributed by atoms with Gasteiger partial charge in [-0.05, 0) is 36.4 Å². The number of aromatic nitrogens is 3. The first-order valence-corrected chi connectivity index (χ1v) is 10.8. The van der Waals surface area contributed by atoms with Gasteiger partial charge in [-0.15, -0.1) is 16.4 Å². The molecule has 2 N–H and O–H groups in total. The normalized spacial score (nSPS) is 10.7. The molecule has 0 radical (unpaired) electrons. The predicted molar refractivity (Wildman–Crippen MR) is 123 cm³/mol. The van der Waals surface area contributed by atoms with Crippen LogP contribution in [0.25, 0.3) is 16.2 Å². The molecule has 0 saturated carbocycles. The van der Waals surface area contributed by atoms with Gasteiger partial charge in [-0.2, -0.15) is 4.98 Å². The minimum absolute atomic E-state index is 0.0854. The maximum absolute atomic E-state index is 13.2. The highest BCUT2D eigenvalue weighted by Crippen LogP contribution is 2.38. The summed E-state index contributed by atoms with van der Waals surface area (Å²) >= 11 is 1.33. The van der Waals surface area contributed by atoms with Crippen LogP contribution >= 0.6 is 11.3 Å². The fourth-order valence-electron chi connectivity index (χ4n) is 3.20. The number of halogens is 1. The number of ether oxygens (including phenoxy) is 3. The predicted octanol–water partition coefficient (Wildman–Crippen LogP) is 2.99. The highest BCUT2D eigenvalue weighted by molar-refractivity contribution is 7.15. The van der Waals surface area contributed by atoms with E-state index < -0.39 is 11.8 Å². The minimum atomic E-state index is -0.512. The first kappa shape index (κ1) is 23.0. The van der Waals surface area contributed by atoms with Gasteiger partial charge in [0.15, 0.2) is 11.5 Å². The fourth-order valence-corrected chi connectivity index (χ4v) is 4.03. The lowest BCUT2D eigenvalue weighted by atomic mass is 10.1. The van der Waals surface area contributed by atoms with Crippen LogP contribution in [0.15, 0.2) is 41.8 Å². The molecule has 2 aromatic carbocycles. The van der Waals surface area contributed by atoms with Gasteiger partial charge in [0.1, 0.15) is 5.82 Å². The van der Waals surface area contributed by atoms with Crippen molar-refractivity contribution in [3.63, 3.8) is 0 Å². The molecule has 12 heteroatoms. The van der Waals surface area contributed by atoms with E-state index in [2.05, 4.69) is 20.7 Å². The Balaban J connectivity index is 1.42. The molecule has 4 rings (SSSR count). The average molecular weight is 485 g/mol. The first-order chi connectivity index (χ1) is 16.4.